The largest absolute Gasteiger partial charge is 0.394 e. The van der Waals surface area contributed by atoms with E-state index in [0.29, 0.717) is 12.8 Å². The van der Waals surface area contributed by atoms with Gasteiger partial charge in [0.15, 0.2) is 23.1 Å². The van der Waals surface area contributed by atoms with Gasteiger partial charge in [0, 0.05) is 54.5 Å². The van der Waals surface area contributed by atoms with Crippen molar-refractivity contribution in [1.29, 1.82) is 0 Å². The maximum atomic E-state index is 10.2. The molecular weight excluding hydrogens is 284 g/mol. The Morgan fingerprint density at radius 3 is 1.00 bits per heavy atom. The van der Waals surface area contributed by atoms with Crippen LogP contribution in [0.2, 0.25) is 0 Å². The Hall–Kier alpha value is -0.646. The summed E-state index contributed by atoms with van der Waals surface area (Å²) in [6, 6.07) is 0. The van der Waals surface area contributed by atoms with Crippen molar-refractivity contribution in [3.8, 4) is 0 Å². The molecule has 0 spiro atoms. The van der Waals surface area contributed by atoms with Crippen LogP contribution in [0, 0.1) is 0 Å². The quantitative estimate of drug-likeness (QED) is 0.628. The summed E-state index contributed by atoms with van der Waals surface area (Å²) >= 11 is 0. The van der Waals surface area contributed by atoms with Crippen LogP contribution in [0.15, 0.2) is 0 Å². The van der Waals surface area contributed by atoms with Crippen molar-refractivity contribution in [3.63, 3.8) is 0 Å². The molecule has 1 N–H and O–H groups in total. The van der Waals surface area contributed by atoms with E-state index in [-0.39, 0.29) is 51.0 Å². The summed E-state index contributed by atoms with van der Waals surface area (Å²) in [5.74, 6) is -1.27. The first-order valence-corrected chi connectivity index (χ1v) is 5.85. The van der Waals surface area contributed by atoms with Gasteiger partial charge in [-0.25, -0.2) is 0 Å². The number of hydrogen-bond donors (Lipinski definition) is 1. The van der Waals surface area contributed by atoms with Crippen molar-refractivity contribution in [3.05, 3.63) is 0 Å². The summed E-state index contributed by atoms with van der Waals surface area (Å²) in [5.41, 5.74) is 0. The first-order valence-electron chi connectivity index (χ1n) is 5.85. The number of rotatable bonds is 4. The number of aliphatic hydroxyl groups excluding tert-OH is 1. The van der Waals surface area contributed by atoms with E-state index in [1.807, 2.05) is 0 Å². The van der Waals surface area contributed by atoms with Gasteiger partial charge < -0.3 is 5.11 Å². The standard InChI is InChI=1S/2C5H8O2.C3H8O.Ti/c2*1-3-5(7)4(2)6;1-3(2)4;/h2*3H2,1-2H3;3-4H,1-2H3;. The fourth-order valence-corrected chi connectivity index (χ4v) is 0.498. The third-order valence-corrected chi connectivity index (χ3v) is 1.43. The molecule has 0 aromatic heterocycles. The van der Waals surface area contributed by atoms with E-state index in [4.69, 9.17) is 5.11 Å². The number of ketones is 4. The number of Topliss-reactive ketones (excluding diaryl/α,β-unsaturated/α-hetero) is 4. The third-order valence-electron chi connectivity index (χ3n) is 1.43. The van der Waals surface area contributed by atoms with E-state index >= 15 is 0 Å². The van der Waals surface area contributed by atoms with Crippen LogP contribution >= 0.6 is 0 Å². The van der Waals surface area contributed by atoms with Gasteiger partial charge in [-0.2, -0.15) is 0 Å². The van der Waals surface area contributed by atoms with E-state index in [2.05, 4.69) is 0 Å². The first-order chi connectivity index (χ1) is 8.09. The van der Waals surface area contributed by atoms with Gasteiger partial charge in [0.2, 0.25) is 0 Å². The van der Waals surface area contributed by atoms with Crippen LogP contribution in [0.3, 0.4) is 0 Å². The molecule has 19 heavy (non-hydrogen) atoms. The minimum atomic E-state index is -0.345. The second-order valence-electron chi connectivity index (χ2n) is 3.76. The Kier molecular flexibility index (Phi) is 24.5. The Morgan fingerprint density at radius 2 is 1.00 bits per heavy atom. The second kappa shape index (κ2) is 17.4. The molecule has 0 aromatic carbocycles. The van der Waals surface area contributed by atoms with Gasteiger partial charge >= 0.3 is 0 Å². The molecule has 5 nitrogen and oxygen atoms in total. The predicted molar refractivity (Wildman–Crippen MR) is 69.3 cm³/mol. The summed E-state index contributed by atoms with van der Waals surface area (Å²) < 4.78 is 0. The van der Waals surface area contributed by atoms with Gasteiger partial charge in [0.05, 0.1) is 0 Å². The molecule has 0 radical (unpaired) electrons. The van der Waals surface area contributed by atoms with Crippen molar-refractivity contribution in [1.82, 2.24) is 0 Å². The molecule has 0 saturated carbocycles. The van der Waals surface area contributed by atoms with Crippen molar-refractivity contribution in [2.24, 2.45) is 0 Å². The van der Waals surface area contributed by atoms with Crippen molar-refractivity contribution >= 4 is 23.1 Å². The van der Waals surface area contributed by atoms with Gasteiger partial charge in [0.1, 0.15) is 0 Å². The zero-order chi connectivity index (χ0) is 15.3. The third kappa shape index (κ3) is 31.7. The summed E-state index contributed by atoms with van der Waals surface area (Å²) in [7, 11) is 0. The van der Waals surface area contributed by atoms with Crippen LogP contribution in [0.25, 0.3) is 0 Å². The van der Waals surface area contributed by atoms with E-state index < -0.39 is 0 Å². The molecule has 0 saturated heterocycles. The van der Waals surface area contributed by atoms with Crippen molar-refractivity contribution in [2.75, 3.05) is 0 Å². The fraction of sp³-hybridized carbons (Fsp3) is 0.692. The summed E-state index contributed by atoms with van der Waals surface area (Å²) in [6.45, 7) is 9.35. The zero-order valence-corrected chi connectivity index (χ0v) is 14.1. The molecule has 0 aliphatic carbocycles. The van der Waals surface area contributed by atoms with Crippen LogP contribution in [-0.4, -0.2) is 34.3 Å². The van der Waals surface area contributed by atoms with Gasteiger partial charge in [0.25, 0.3) is 0 Å². The molecule has 110 valence electrons. The maximum Gasteiger partial charge on any atom is 0.197 e. The van der Waals surface area contributed by atoms with E-state index in [0.717, 1.165) is 0 Å². The SMILES string of the molecule is CC(C)O.CCC(=O)C(C)=O.CCC(=O)C(C)=O.[Ti]. The summed E-state index contributed by atoms with van der Waals surface area (Å²) in [5, 5.41) is 8.06. The minimum Gasteiger partial charge on any atom is -0.394 e. The topological polar surface area (TPSA) is 88.5 Å². The van der Waals surface area contributed by atoms with Crippen molar-refractivity contribution in [2.45, 2.75) is 60.5 Å². The molecule has 0 rings (SSSR count). The molecule has 0 atom stereocenters. The van der Waals surface area contributed by atoms with Crippen LogP contribution in [-0.2, 0) is 40.9 Å². The molecule has 0 heterocycles. The second-order valence-corrected chi connectivity index (χ2v) is 3.76. The summed E-state index contributed by atoms with van der Waals surface area (Å²) in [4.78, 5) is 40.4. The molecule has 0 aromatic rings. The summed E-state index contributed by atoms with van der Waals surface area (Å²) in [6.07, 6.45) is 0.491. The molecule has 0 unspecified atom stereocenters. The molecule has 0 bridgehead atoms. The molecule has 0 fully saturated rings. The number of aliphatic hydroxyl groups is 1. The monoisotopic (exact) mass is 308 g/mol. The number of carbonyl (C=O) groups excluding carboxylic acids is 4. The molecule has 0 aliphatic rings. The fourth-order valence-electron chi connectivity index (χ4n) is 0.498. The Bertz CT molecular complexity index is 256. The van der Waals surface area contributed by atoms with Crippen LogP contribution < -0.4 is 0 Å². The minimum absolute atomic E-state index is 0. The Labute approximate surface area is 130 Å². The molecule has 0 amide bonds. The first kappa shape index (κ1) is 26.8. The number of carbonyl (C=O) groups is 4. The van der Waals surface area contributed by atoms with Crippen LogP contribution in [0.1, 0.15) is 54.4 Å². The smallest absolute Gasteiger partial charge is 0.197 e. The number of hydrogen-bond acceptors (Lipinski definition) is 5. The Morgan fingerprint density at radius 1 is 0.842 bits per heavy atom. The van der Waals surface area contributed by atoms with Crippen LogP contribution in [0.5, 0.6) is 0 Å². The normalized spacial score (nSPS) is 8.00. The van der Waals surface area contributed by atoms with E-state index in [1.165, 1.54) is 13.8 Å². The van der Waals surface area contributed by atoms with Crippen molar-refractivity contribution < 1.29 is 46.0 Å². The van der Waals surface area contributed by atoms with Crippen LogP contribution in [0.4, 0.5) is 0 Å². The molecule has 6 heteroatoms. The zero-order valence-electron chi connectivity index (χ0n) is 12.6. The average molecular weight is 308 g/mol. The predicted octanol–water partition coefficient (Wildman–Crippen LogP) is 1.49. The van der Waals surface area contributed by atoms with E-state index in [9.17, 15) is 19.2 Å². The van der Waals surface area contributed by atoms with Gasteiger partial charge in [-0.1, -0.05) is 13.8 Å². The maximum absolute atomic E-state index is 10.2. The van der Waals surface area contributed by atoms with Gasteiger partial charge in [-0.3, -0.25) is 19.2 Å². The van der Waals surface area contributed by atoms with Gasteiger partial charge in [-0.05, 0) is 13.8 Å². The average Bonchev–Trinajstić information content (AvgIpc) is 2.26. The van der Waals surface area contributed by atoms with E-state index in [1.54, 1.807) is 27.7 Å². The molecular formula is C13H24O5Ti. The van der Waals surface area contributed by atoms with Gasteiger partial charge in [-0.15, -0.1) is 0 Å². The Balaban J connectivity index is -0.0000000900. The molecule has 0 aliphatic heterocycles.